The zero-order valence-corrected chi connectivity index (χ0v) is 8.64. The van der Waals surface area contributed by atoms with Gasteiger partial charge in [0, 0.05) is 13.7 Å². The number of hydrogen-bond donors (Lipinski definition) is 1. The minimum atomic E-state index is 0.175. The predicted molar refractivity (Wildman–Crippen MR) is 55.9 cm³/mol. The fraction of sp³-hybridized carbons (Fsp3) is 0.818. The normalized spacial score (nSPS) is 19.5. The molecule has 13 heavy (non-hydrogen) atoms. The van der Waals surface area contributed by atoms with Crippen molar-refractivity contribution in [3.8, 4) is 0 Å². The Labute approximate surface area is 81.4 Å². The maximum atomic E-state index is 5.50. The van der Waals surface area contributed by atoms with Gasteiger partial charge in [0.25, 0.3) is 0 Å². The number of allylic oxidation sites excluding steroid dienone is 1. The van der Waals surface area contributed by atoms with E-state index >= 15 is 0 Å². The average Bonchev–Trinajstić information content (AvgIpc) is 2.09. The topological polar surface area (TPSA) is 21.3 Å². The lowest BCUT2D eigenvalue weighted by Crippen LogP contribution is -2.48. The van der Waals surface area contributed by atoms with Crippen molar-refractivity contribution in [2.45, 2.75) is 37.7 Å². The van der Waals surface area contributed by atoms with Crippen LogP contribution in [-0.2, 0) is 4.74 Å². The van der Waals surface area contributed by atoms with Crippen LogP contribution in [0.25, 0.3) is 0 Å². The van der Waals surface area contributed by atoms with E-state index in [-0.39, 0.29) is 5.60 Å². The number of hydrogen-bond acceptors (Lipinski definition) is 2. The highest BCUT2D eigenvalue weighted by molar-refractivity contribution is 4.91. The largest absolute Gasteiger partial charge is 0.377 e. The molecule has 2 heteroatoms. The molecule has 0 aromatic rings. The number of methoxy groups -OCH3 is 1. The quantitative estimate of drug-likeness (QED) is 0.482. The molecule has 0 aliphatic heterocycles. The number of nitrogens with one attached hydrogen (secondary N) is 1. The highest BCUT2D eigenvalue weighted by Gasteiger charge is 2.36. The first-order valence-electron chi connectivity index (χ1n) is 5.20. The lowest BCUT2D eigenvalue weighted by molar-refractivity contribution is -0.0692. The molecule has 0 spiro atoms. The summed E-state index contributed by atoms with van der Waals surface area (Å²) in [6, 6.07) is 0. The minimum absolute atomic E-state index is 0.175. The van der Waals surface area contributed by atoms with Gasteiger partial charge in [-0.15, -0.1) is 6.58 Å². The van der Waals surface area contributed by atoms with Crippen LogP contribution in [0.5, 0.6) is 0 Å². The first-order chi connectivity index (χ1) is 6.33. The van der Waals surface area contributed by atoms with Gasteiger partial charge < -0.3 is 10.1 Å². The van der Waals surface area contributed by atoms with Crippen molar-refractivity contribution < 1.29 is 4.74 Å². The van der Waals surface area contributed by atoms with E-state index in [2.05, 4.69) is 11.9 Å². The summed E-state index contributed by atoms with van der Waals surface area (Å²) in [5.74, 6) is 0. The zero-order chi connectivity index (χ0) is 9.57. The fourth-order valence-electron chi connectivity index (χ4n) is 1.71. The minimum Gasteiger partial charge on any atom is -0.377 e. The summed E-state index contributed by atoms with van der Waals surface area (Å²) in [5, 5.41) is 3.44. The van der Waals surface area contributed by atoms with Crippen LogP contribution in [0.15, 0.2) is 12.7 Å². The van der Waals surface area contributed by atoms with Gasteiger partial charge in [0.2, 0.25) is 0 Å². The van der Waals surface area contributed by atoms with E-state index in [0.29, 0.717) is 0 Å². The number of unbranched alkanes of at least 4 members (excludes halogenated alkanes) is 1. The van der Waals surface area contributed by atoms with Crippen LogP contribution >= 0.6 is 0 Å². The van der Waals surface area contributed by atoms with Gasteiger partial charge in [-0.05, 0) is 38.6 Å². The Morgan fingerprint density at radius 1 is 1.54 bits per heavy atom. The standard InChI is InChI=1S/C11H21NO/c1-3-4-5-9-12-10-11(13-2)7-6-8-11/h3,12H,1,4-10H2,2H3. The van der Waals surface area contributed by atoms with E-state index in [1.807, 2.05) is 13.2 Å². The molecular formula is C11H21NO. The Hall–Kier alpha value is -0.340. The van der Waals surface area contributed by atoms with Gasteiger partial charge in [-0.25, -0.2) is 0 Å². The predicted octanol–water partition coefficient (Wildman–Crippen LogP) is 2.11. The summed E-state index contributed by atoms with van der Waals surface area (Å²) in [6.45, 7) is 5.79. The van der Waals surface area contributed by atoms with Gasteiger partial charge in [-0.1, -0.05) is 6.08 Å². The summed E-state index contributed by atoms with van der Waals surface area (Å²) in [5.41, 5.74) is 0.175. The molecule has 0 unspecified atom stereocenters. The summed E-state index contributed by atoms with van der Waals surface area (Å²) < 4.78 is 5.50. The van der Waals surface area contributed by atoms with Crippen LogP contribution in [0.4, 0.5) is 0 Å². The van der Waals surface area contributed by atoms with Crippen molar-refractivity contribution >= 4 is 0 Å². The van der Waals surface area contributed by atoms with Gasteiger partial charge in [0.15, 0.2) is 0 Å². The van der Waals surface area contributed by atoms with Crippen molar-refractivity contribution in [1.82, 2.24) is 5.32 Å². The lowest BCUT2D eigenvalue weighted by atomic mass is 9.80. The molecule has 0 bridgehead atoms. The molecule has 1 aliphatic carbocycles. The first-order valence-corrected chi connectivity index (χ1v) is 5.20. The van der Waals surface area contributed by atoms with E-state index in [4.69, 9.17) is 4.74 Å². The zero-order valence-electron chi connectivity index (χ0n) is 8.64. The summed E-state index contributed by atoms with van der Waals surface area (Å²) >= 11 is 0. The Balaban J connectivity index is 2.00. The Morgan fingerprint density at radius 2 is 2.31 bits per heavy atom. The van der Waals surface area contributed by atoms with Gasteiger partial charge in [-0.2, -0.15) is 0 Å². The molecule has 0 heterocycles. The van der Waals surface area contributed by atoms with E-state index in [0.717, 1.165) is 19.5 Å². The maximum absolute atomic E-state index is 5.50. The van der Waals surface area contributed by atoms with Crippen molar-refractivity contribution in [2.75, 3.05) is 20.2 Å². The highest BCUT2D eigenvalue weighted by atomic mass is 16.5. The van der Waals surface area contributed by atoms with Crippen molar-refractivity contribution in [1.29, 1.82) is 0 Å². The molecule has 2 nitrogen and oxygen atoms in total. The summed E-state index contributed by atoms with van der Waals surface area (Å²) in [7, 11) is 1.82. The van der Waals surface area contributed by atoms with Gasteiger partial charge >= 0.3 is 0 Å². The molecular weight excluding hydrogens is 162 g/mol. The van der Waals surface area contributed by atoms with Crippen LogP contribution < -0.4 is 5.32 Å². The maximum Gasteiger partial charge on any atom is 0.0802 e. The second-order valence-corrected chi connectivity index (χ2v) is 3.85. The monoisotopic (exact) mass is 183 g/mol. The average molecular weight is 183 g/mol. The van der Waals surface area contributed by atoms with Crippen molar-refractivity contribution in [3.63, 3.8) is 0 Å². The van der Waals surface area contributed by atoms with Crippen LogP contribution in [0.3, 0.4) is 0 Å². The fourth-order valence-corrected chi connectivity index (χ4v) is 1.71. The SMILES string of the molecule is C=CCCCNCC1(OC)CCC1. The molecule has 1 N–H and O–H groups in total. The van der Waals surface area contributed by atoms with Crippen LogP contribution in [0.2, 0.25) is 0 Å². The second kappa shape index (κ2) is 5.40. The summed E-state index contributed by atoms with van der Waals surface area (Å²) in [4.78, 5) is 0. The number of ether oxygens (including phenoxy) is 1. The summed E-state index contributed by atoms with van der Waals surface area (Å²) in [6.07, 6.45) is 8.02. The second-order valence-electron chi connectivity index (χ2n) is 3.85. The molecule has 0 radical (unpaired) electrons. The lowest BCUT2D eigenvalue weighted by Gasteiger charge is -2.40. The molecule has 1 fully saturated rings. The molecule has 0 atom stereocenters. The molecule has 1 saturated carbocycles. The third-order valence-corrected chi connectivity index (χ3v) is 2.91. The molecule has 0 aromatic heterocycles. The molecule has 1 rings (SSSR count). The Bertz CT molecular complexity index is 147. The molecule has 1 aliphatic rings. The van der Waals surface area contributed by atoms with Crippen LogP contribution in [0.1, 0.15) is 32.1 Å². The first kappa shape index (κ1) is 10.7. The smallest absolute Gasteiger partial charge is 0.0802 e. The van der Waals surface area contributed by atoms with Crippen molar-refractivity contribution in [3.05, 3.63) is 12.7 Å². The van der Waals surface area contributed by atoms with Crippen molar-refractivity contribution in [2.24, 2.45) is 0 Å². The third kappa shape index (κ3) is 3.12. The van der Waals surface area contributed by atoms with Gasteiger partial charge in [-0.3, -0.25) is 0 Å². The van der Waals surface area contributed by atoms with E-state index in [9.17, 15) is 0 Å². The molecule has 0 amide bonds. The highest BCUT2D eigenvalue weighted by Crippen LogP contribution is 2.34. The van der Waals surface area contributed by atoms with E-state index in [1.165, 1.54) is 25.7 Å². The molecule has 0 saturated heterocycles. The molecule has 76 valence electrons. The third-order valence-electron chi connectivity index (χ3n) is 2.91. The van der Waals surface area contributed by atoms with Crippen LogP contribution in [0, 0.1) is 0 Å². The van der Waals surface area contributed by atoms with Gasteiger partial charge in [0.05, 0.1) is 5.60 Å². The Kier molecular flexibility index (Phi) is 4.46. The van der Waals surface area contributed by atoms with Crippen LogP contribution in [-0.4, -0.2) is 25.8 Å². The Morgan fingerprint density at radius 3 is 2.77 bits per heavy atom. The number of rotatable bonds is 7. The van der Waals surface area contributed by atoms with Gasteiger partial charge in [0.1, 0.15) is 0 Å². The van der Waals surface area contributed by atoms with E-state index < -0.39 is 0 Å². The van der Waals surface area contributed by atoms with E-state index in [1.54, 1.807) is 0 Å². The molecule has 0 aromatic carbocycles.